The minimum Gasteiger partial charge on any atom is -0.493 e. The van der Waals surface area contributed by atoms with Crippen molar-refractivity contribution in [1.29, 1.82) is 0 Å². The van der Waals surface area contributed by atoms with Crippen LogP contribution in [0.25, 0.3) is 0 Å². The number of ether oxygens (including phenoxy) is 1. The summed E-state index contributed by atoms with van der Waals surface area (Å²) in [5, 5.41) is 0. The van der Waals surface area contributed by atoms with Crippen molar-refractivity contribution in [1.82, 2.24) is 0 Å². The second-order valence-electron chi connectivity index (χ2n) is 5.21. The Hall–Kier alpha value is -1.80. The predicted molar refractivity (Wildman–Crippen MR) is 77.5 cm³/mol. The van der Waals surface area contributed by atoms with Crippen molar-refractivity contribution in [2.45, 2.75) is 25.8 Å². The lowest BCUT2D eigenvalue weighted by atomic mass is 9.95. The molecule has 1 aliphatic heterocycles. The Labute approximate surface area is 114 Å². The van der Waals surface area contributed by atoms with E-state index in [1.165, 1.54) is 11.1 Å². The number of hydrogen-bond donors (Lipinski definition) is 1. The molecule has 0 amide bonds. The second kappa shape index (κ2) is 5.06. The maximum Gasteiger partial charge on any atom is 0.122 e. The molecule has 0 bridgehead atoms. The molecule has 0 aromatic heterocycles. The molecule has 2 heteroatoms. The van der Waals surface area contributed by atoms with Gasteiger partial charge in [-0.15, -0.1) is 0 Å². The van der Waals surface area contributed by atoms with Gasteiger partial charge in [-0.1, -0.05) is 42.0 Å². The molecule has 3 rings (SSSR count). The number of aryl methyl sites for hydroxylation is 2. The molecule has 2 aromatic rings. The molecule has 0 saturated carbocycles. The Kier molecular flexibility index (Phi) is 3.26. The highest BCUT2D eigenvalue weighted by molar-refractivity contribution is 5.42. The van der Waals surface area contributed by atoms with Gasteiger partial charge in [-0.25, -0.2) is 0 Å². The molecule has 0 aliphatic carbocycles. The minimum atomic E-state index is -0.0628. The van der Waals surface area contributed by atoms with Gasteiger partial charge in [0.05, 0.1) is 12.6 Å². The van der Waals surface area contributed by atoms with E-state index in [4.69, 9.17) is 10.5 Å². The predicted octanol–water partition coefficient (Wildman–Crippen LogP) is 3.37. The minimum absolute atomic E-state index is 0.0628. The van der Waals surface area contributed by atoms with Gasteiger partial charge in [0.2, 0.25) is 0 Å². The van der Waals surface area contributed by atoms with E-state index in [1.54, 1.807) is 0 Å². The molecule has 1 aliphatic rings. The Morgan fingerprint density at radius 3 is 2.79 bits per heavy atom. The van der Waals surface area contributed by atoms with Crippen molar-refractivity contribution in [3.63, 3.8) is 0 Å². The molecular formula is C17H19NO. The summed E-state index contributed by atoms with van der Waals surface area (Å²) in [4.78, 5) is 0. The molecule has 98 valence electrons. The van der Waals surface area contributed by atoms with Gasteiger partial charge in [0.15, 0.2) is 0 Å². The lowest BCUT2D eigenvalue weighted by molar-refractivity contribution is 0.288. The number of hydrogen-bond acceptors (Lipinski definition) is 2. The van der Waals surface area contributed by atoms with Gasteiger partial charge in [-0.3, -0.25) is 0 Å². The van der Waals surface area contributed by atoms with E-state index in [1.807, 2.05) is 0 Å². The van der Waals surface area contributed by atoms with Crippen LogP contribution in [-0.2, 0) is 6.42 Å². The molecule has 19 heavy (non-hydrogen) atoms. The summed E-state index contributed by atoms with van der Waals surface area (Å²) in [5.74, 6) is 1.02. The monoisotopic (exact) mass is 253 g/mol. The van der Waals surface area contributed by atoms with Gasteiger partial charge in [-0.2, -0.15) is 0 Å². The molecule has 0 saturated heterocycles. The Morgan fingerprint density at radius 2 is 1.95 bits per heavy atom. The van der Waals surface area contributed by atoms with E-state index in [2.05, 4.69) is 49.4 Å². The average molecular weight is 253 g/mol. The van der Waals surface area contributed by atoms with Crippen LogP contribution in [0.5, 0.6) is 5.75 Å². The second-order valence-corrected chi connectivity index (χ2v) is 5.21. The number of benzene rings is 2. The summed E-state index contributed by atoms with van der Waals surface area (Å²) in [7, 11) is 0. The van der Waals surface area contributed by atoms with Crippen LogP contribution in [0.1, 0.15) is 34.7 Å². The standard InChI is InChI=1S/C17H19NO/c1-12-4-2-5-14(10-12)17(18)15-7-8-16-13(11-15)6-3-9-19-16/h2,4-5,7-8,10-11,17H,3,6,9,18H2,1H3. The van der Waals surface area contributed by atoms with Crippen LogP contribution in [0.3, 0.4) is 0 Å². The molecule has 1 unspecified atom stereocenters. The highest BCUT2D eigenvalue weighted by Gasteiger charge is 2.14. The number of nitrogens with two attached hydrogens (primary N) is 1. The van der Waals surface area contributed by atoms with Crippen molar-refractivity contribution >= 4 is 0 Å². The normalized spacial score (nSPS) is 15.5. The highest BCUT2D eigenvalue weighted by atomic mass is 16.5. The Bertz CT molecular complexity index is 592. The number of rotatable bonds is 2. The topological polar surface area (TPSA) is 35.2 Å². The van der Waals surface area contributed by atoms with Crippen LogP contribution in [0.2, 0.25) is 0 Å². The average Bonchev–Trinajstić information content (AvgIpc) is 2.46. The van der Waals surface area contributed by atoms with Crippen LogP contribution < -0.4 is 10.5 Å². The van der Waals surface area contributed by atoms with Crippen LogP contribution >= 0.6 is 0 Å². The molecule has 0 spiro atoms. The fourth-order valence-corrected chi connectivity index (χ4v) is 2.63. The van der Waals surface area contributed by atoms with Crippen molar-refractivity contribution in [2.75, 3.05) is 6.61 Å². The van der Waals surface area contributed by atoms with E-state index < -0.39 is 0 Å². The smallest absolute Gasteiger partial charge is 0.122 e. The first kappa shape index (κ1) is 12.2. The maximum absolute atomic E-state index is 6.38. The van der Waals surface area contributed by atoms with Gasteiger partial charge in [0.25, 0.3) is 0 Å². The Morgan fingerprint density at radius 1 is 1.11 bits per heavy atom. The lowest BCUT2D eigenvalue weighted by Gasteiger charge is -2.20. The third-order valence-corrected chi connectivity index (χ3v) is 3.69. The van der Waals surface area contributed by atoms with Gasteiger partial charge in [0, 0.05) is 0 Å². The first-order valence-corrected chi connectivity index (χ1v) is 6.82. The van der Waals surface area contributed by atoms with Crippen molar-refractivity contribution < 1.29 is 4.74 Å². The third-order valence-electron chi connectivity index (χ3n) is 3.69. The summed E-state index contributed by atoms with van der Waals surface area (Å²) < 4.78 is 5.64. The summed E-state index contributed by atoms with van der Waals surface area (Å²) in [6.07, 6.45) is 2.18. The Balaban J connectivity index is 1.93. The molecule has 0 radical (unpaired) electrons. The molecule has 2 aromatic carbocycles. The largest absolute Gasteiger partial charge is 0.493 e. The molecule has 1 heterocycles. The molecular weight excluding hydrogens is 234 g/mol. The summed E-state index contributed by atoms with van der Waals surface area (Å²) in [6, 6.07) is 14.7. The summed E-state index contributed by atoms with van der Waals surface area (Å²) in [5.41, 5.74) is 11.2. The molecule has 0 fully saturated rings. The van der Waals surface area contributed by atoms with Gasteiger partial charge < -0.3 is 10.5 Å². The van der Waals surface area contributed by atoms with Crippen LogP contribution in [0, 0.1) is 6.92 Å². The third kappa shape index (κ3) is 2.49. The quantitative estimate of drug-likeness (QED) is 0.890. The summed E-state index contributed by atoms with van der Waals surface area (Å²) >= 11 is 0. The van der Waals surface area contributed by atoms with Crippen LogP contribution in [0.4, 0.5) is 0 Å². The van der Waals surface area contributed by atoms with Crippen molar-refractivity contribution in [3.05, 3.63) is 64.7 Å². The molecule has 2 nitrogen and oxygen atoms in total. The number of fused-ring (bicyclic) bond motifs is 1. The van der Waals surface area contributed by atoms with E-state index in [0.29, 0.717) is 0 Å². The van der Waals surface area contributed by atoms with E-state index in [9.17, 15) is 0 Å². The molecule has 2 N–H and O–H groups in total. The van der Waals surface area contributed by atoms with Gasteiger partial charge in [0.1, 0.15) is 5.75 Å². The first-order valence-electron chi connectivity index (χ1n) is 6.82. The fraction of sp³-hybridized carbons (Fsp3) is 0.294. The SMILES string of the molecule is Cc1cccc(C(N)c2ccc3c(c2)CCCO3)c1. The molecule has 1 atom stereocenters. The van der Waals surface area contributed by atoms with E-state index in [-0.39, 0.29) is 6.04 Å². The van der Waals surface area contributed by atoms with E-state index in [0.717, 1.165) is 36.3 Å². The van der Waals surface area contributed by atoms with Crippen molar-refractivity contribution in [3.8, 4) is 5.75 Å². The lowest BCUT2D eigenvalue weighted by Crippen LogP contribution is -2.14. The maximum atomic E-state index is 6.38. The zero-order chi connectivity index (χ0) is 13.2. The van der Waals surface area contributed by atoms with Gasteiger partial charge in [-0.05, 0) is 42.5 Å². The van der Waals surface area contributed by atoms with Crippen LogP contribution in [-0.4, -0.2) is 6.61 Å². The zero-order valence-corrected chi connectivity index (χ0v) is 11.2. The van der Waals surface area contributed by atoms with Crippen LogP contribution in [0.15, 0.2) is 42.5 Å². The highest BCUT2D eigenvalue weighted by Crippen LogP contribution is 2.29. The van der Waals surface area contributed by atoms with Crippen molar-refractivity contribution in [2.24, 2.45) is 5.73 Å². The zero-order valence-electron chi connectivity index (χ0n) is 11.2. The fourth-order valence-electron chi connectivity index (χ4n) is 2.63. The first-order chi connectivity index (χ1) is 9.24. The summed E-state index contributed by atoms with van der Waals surface area (Å²) in [6.45, 7) is 2.92. The van der Waals surface area contributed by atoms with E-state index >= 15 is 0 Å². The van der Waals surface area contributed by atoms with Gasteiger partial charge >= 0.3 is 0 Å².